The Morgan fingerprint density at radius 1 is 1.11 bits per heavy atom. The Labute approximate surface area is 335 Å². The van der Waals surface area contributed by atoms with Gasteiger partial charge in [-0.2, -0.15) is 0 Å². The van der Waals surface area contributed by atoms with Crippen molar-refractivity contribution in [3.63, 3.8) is 0 Å². The van der Waals surface area contributed by atoms with Gasteiger partial charge in [0, 0.05) is 18.6 Å². The zero-order valence-electron chi connectivity index (χ0n) is 34.8. The van der Waals surface area contributed by atoms with Crippen LogP contribution in [0.1, 0.15) is 112 Å². The third kappa shape index (κ3) is 9.71. The fraction of sp³-hybridized carbons (Fsp3) is 0.700. The van der Waals surface area contributed by atoms with Gasteiger partial charge in [-0.15, -0.1) is 0 Å². The highest BCUT2D eigenvalue weighted by Gasteiger charge is 2.62. The minimum atomic E-state index is -3.99. The molecule has 1 saturated heterocycles. The van der Waals surface area contributed by atoms with E-state index in [-0.39, 0.29) is 54.3 Å². The number of likely N-dealkylation sites (tertiary alicyclic amines) is 1. The number of aromatic nitrogens is 2. The molecule has 17 heteroatoms. The van der Waals surface area contributed by atoms with E-state index < -0.39 is 73.7 Å². The first-order valence-electron chi connectivity index (χ1n) is 19.9. The number of alkyl carbamates (subject to hydrolysis) is 1. The number of sulfonamides is 1. The van der Waals surface area contributed by atoms with Gasteiger partial charge in [0.05, 0.1) is 29.4 Å². The molecular weight excluding hydrogens is 760 g/mol. The molecule has 2 saturated carbocycles. The standard InChI is InChI=1S/C40H59FN6O9S/c1-11-13-22(3)16-25(12-2)32(44-37(51)56-38(6,7)8)35(49)47-21-26(55-34-24(5)42-28-18-27(41)31(54-10)19-29(28)43-34)17-30(47)33(48)45-40(20-23(40)4)36(50)46-57(52,53)39(9)14-15-39/h18-19,22-23,25-26,30,32H,11-17,20-21H2,1-10H3,(H,44,51)(H,45,48)(H,46,50). The number of aryl methyl sites for hydroxylation is 1. The summed E-state index contributed by atoms with van der Waals surface area (Å²) in [4.78, 5) is 66.7. The van der Waals surface area contributed by atoms with Crippen molar-refractivity contribution in [3.05, 3.63) is 23.6 Å². The van der Waals surface area contributed by atoms with Crippen LogP contribution in [0.4, 0.5) is 9.18 Å². The van der Waals surface area contributed by atoms with Crippen LogP contribution in [0.5, 0.6) is 11.6 Å². The number of carbonyl (C=O) groups excluding carboxylic acids is 4. The number of nitrogens with one attached hydrogen (secondary N) is 3. The van der Waals surface area contributed by atoms with Gasteiger partial charge in [-0.25, -0.2) is 27.6 Å². The average Bonchev–Trinajstić information content (AvgIpc) is 3.98. The number of hydrogen-bond acceptors (Lipinski definition) is 11. The summed E-state index contributed by atoms with van der Waals surface area (Å²) < 4.78 is 58.8. The maximum Gasteiger partial charge on any atom is 0.408 e. The molecule has 1 aliphatic heterocycles. The predicted molar refractivity (Wildman–Crippen MR) is 210 cm³/mol. The molecule has 57 heavy (non-hydrogen) atoms. The molecule has 0 spiro atoms. The summed E-state index contributed by atoms with van der Waals surface area (Å²) in [6, 6.07) is 0.338. The number of amides is 4. The molecule has 3 N–H and O–H groups in total. The summed E-state index contributed by atoms with van der Waals surface area (Å²) in [6.45, 7) is 16.1. The van der Waals surface area contributed by atoms with Gasteiger partial charge in [0.2, 0.25) is 27.7 Å². The first-order valence-corrected chi connectivity index (χ1v) is 21.4. The molecule has 5 rings (SSSR count). The molecule has 3 fully saturated rings. The summed E-state index contributed by atoms with van der Waals surface area (Å²) in [5.41, 5.74) is -1.44. The van der Waals surface area contributed by atoms with Gasteiger partial charge in [0.15, 0.2) is 11.6 Å². The molecule has 1 aromatic carbocycles. The van der Waals surface area contributed by atoms with Crippen LogP contribution < -0.4 is 24.8 Å². The van der Waals surface area contributed by atoms with Gasteiger partial charge in [-0.3, -0.25) is 19.1 Å². The number of halogens is 1. The van der Waals surface area contributed by atoms with Crippen molar-refractivity contribution < 1.29 is 46.2 Å². The second-order valence-corrected chi connectivity index (χ2v) is 19.6. The van der Waals surface area contributed by atoms with E-state index in [0.29, 0.717) is 36.9 Å². The SMILES string of the molecule is CCCC(C)CC(CC)C(NC(=O)OC(C)(C)C)C(=O)N1CC(Oc2nc3cc(OC)c(F)cc3nc2C)CC1C(=O)NC1(C(=O)NS(=O)(=O)C2(C)CC2)CC1C. The minimum Gasteiger partial charge on any atom is -0.494 e. The molecule has 316 valence electrons. The number of methoxy groups -OCH3 is 1. The third-order valence-electron chi connectivity index (χ3n) is 11.5. The molecule has 2 heterocycles. The fourth-order valence-corrected chi connectivity index (χ4v) is 8.96. The van der Waals surface area contributed by atoms with Crippen molar-refractivity contribution in [2.45, 2.75) is 148 Å². The molecule has 4 amide bonds. The lowest BCUT2D eigenvalue weighted by Gasteiger charge is -2.34. The van der Waals surface area contributed by atoms with Crippen LogP contribution in [0.2, 0.25) is 0 Å². The summed E-state index contributed by atoms with van der Waals surface area (Å²) in [5, 5.41) is 5.65. The van der Waals surface area contributed by atoms with Gasteiger partial charge in [-0.1, -0.05) is 47.0 Å². The molecule has 3 aliphatic rings. The van der Waals surface area contributed by atoms with E-state index in [9.17, 15) is 32.0 Å². The number of hydrogen-bond donors (Lipinski definition) is 3. The Morgan fingerprint density at radius 2 is 1.75 bits per heavy atom. The van der Waals surface area contributed by atoms with Crippen LogP contribution in [0.15, 0.2) is 12.1 Å². The van der Waals surface area contributed by atoms with E-state index in [4.69, 9.17) is 14.2 Å². The second-order valence-electron chi connectivity index (χ2n) is 17.4. The Bertz CT molecular complexity index is 1990. The second kappa shape index (κ2) is 16.5. The van der Waals surface area contributed by atoms with Gasteiger partial charge in [0.1, 0.15) is 35.0 Å². The Kier molecular flexibility index (Phi) is 12.7. The lowest BCUT2D eigenvalue weighted by atomic mass is 9.85. The van der Waals surface area contributed by atoms with Crippen molar-refractivity contribution in [1.29, 1.82) is 0 Å². The van der Waals surface area contributed by atoms with Crippen LogP contribution in [0.25, 0.3) is 11.0 Å². The molecular formula is C40H59FN6O9S. The number of nitrogens with zero attached hydrogens (tertiary/aromatic N) is 3. The van der Waals surface area contributed by atoms with Crippen molar-refractivity contribution in [2.24, 2.45) is 17.8 Å². The van der Waals surface area contributed by atoms with Crippen molar-refractivity contribution in [1.82, 2.24) is 30.2 Å². The molecule has 2 aromatic rings. The molecule has 15 nitrogen and oxygen atoms in total. The summed E-state index contributed by atoms with van der Waals surface area (Å²) >= 11 is 0. The topological polar surface area (TPSA) is 195 Å². The first-order chi connectivity index (χ1) is 26.6. The third-order valence-corrected chi connectivity index (χ3v) is 13.7. The summed E-state index contributed by atoms with van der Waals surface area (Å²) in [5.74, 6) is -3.04. The largest absolute Gasteiger partial charge is 0.494 e. The molecule has 0 bridgehead atoms. The van der Waals surface area contributed by atoms with Crippen LogP contribution in [-0.2, 0) is 29.1 Å². The van der Waals surface area contributed by atoms with Crippen molar-refractivity contribution in [3.8, 4) is 11.6 Å². The van der Waals surface area contributed by atoms with Crippen molar-refractivity contribution in [2.75, 3.05) is 13.7 Å². The Morgan fingerprint density at radius 3 is 2.32 bits per heavy atom. The first kappa shape index (κ1) is 43.8. The molecule has 7 atom stereocenters. The Hall–Kier alpha value is -4.28. The van der Waals surface area contributed by atoms with E-state index in [1.54, 1.807) is 41.5 Å². The van der Waals surface area contributed by atoms with Crippen molar-refractivity contribution >= 4 is 44.9 Å². The maximum absolute atomic E-state index is 14.9. The van der Waals surface area contributed by atoms with Crippen LogP contribution in [0.3, 0.4) is 0 Å². The highest BCUT2D eigenvalue weighted by molar-refractivity contribution is 7.91. The highest BCUT2D eigenvalue weighted by Crippen LogP contribution is 2.46. The minimum absolute atomic E-state index is 0.0328. The monoisotopic (exact) mass is 818 g/mol. The van der Waals surface area contributed by atoms with Crippen LogP contribution >= 0.6 is 0 Å². The zero-order valence-corrected chi connectivity index (χ0v) is 35.6. The van der Waals surface area contributed by atoms with E-state index in [0.717, 1.165) is 12.8 Å². The normalized spacial score (nSPS) is 24.2. The molecule has 2 aliphatic carbocycles. The predicted octanol–water partition coefficient (Wildman–Crippen LogP) is 5.07. The van der Waals surface area contributed by atoms with Crippen LogP contribution in [-0.4, -0.2) is 94.8 Å². The average molecular weight is 819 g/mol. The molecule has 0 radical (unpaired) electrons. The Balaban J connectivity index is 1.48. The molecule has 1 aromatic heterocycles. The van der Waals surface area contributed by atoms with E-state index in [1.165, 1.54) is 24.1 Å². The maximum atomic E-state index is 14.9. The van der Waals surface area contributed by atoms with E-state index in [2.05, 4.69) is 39.2 Å². The van der Waals surface area contributed by atoms with Gasteiger partial charge in [0.25, 0.3) is 5.91 Å². The lowest BCUT2D eigenvalue weighted by Crippen LogP contribution is -2.59. The van der Waals surface area contributed by atoms with E-state index in [1.807, 2.05) is 6.92 Å². The zero-order chi connectivity index (χ0) is 42.2. The van der Waals surface area contributed by atoms with Gasteiger partial charge < -0.3 is 29.7 Å². The van der Waals surface area contributed by atoms with Crippen LogP contribution in [0, 0.1) is 30.5 Å². The number of carbonyl (C=O) groups is 4. The number of benzene rings is 1. The number of rotatable bonds is 16. The highest BCUT2D eigenvalue weighted by atomic mass is 32.2. The van der Waals surface area contributed by atoms with Gasteiger partial charge >= 0.3 is 6.09 Å². The smallest absolute Gasteiger partial charge is 0.408 e. The molecule has 7 unspecified atom stereocenters. The number of fused-ring (bicyclic) bond motifs is 1. The fourth-order valence-electron chi connectivity index (χ4n) is 7.65. The van der Waals surface area contributed by atoms with E-state index >= 15 is 0 Å². The summed E-state index contributed by atoms with van der Waals surface area (Å²) in [6.07, 6.45) is 2.42. The summed E-state index contributed by atoms with van der Waals surface area (Å²) in [7, 11) is -2.66. The quantitative estimate of drug-likeness (QED) is 0.205. The lowest BCUT2D eigenvalue weighted by molar-refractivity contribution is -0.142. The number of ether oxygens (including phenoxy) is 3. The van der Waals surface area contributed by atoms with Gasteiger partial charge in [-0.05, 0) is 78.1 Å².